The second kappa shape index (κ2) is 64.3. The highest BCUT2D eigenvalue weighted by atomic mass is 16.6. The molecule has 0 aliphatic heterocycles. The zero-order valence-electron chi connectivity index (χ0n) is 50.2. The molecule has 6 heteroatoms. The van der Waals surface area contributed by atoms with Crippen LogP contribution in [-0.4, -0.2) is 37.2 Å². The lowest BCUT2D eigenvalue weighted by atomic mass is 10.0. The van der Waals surface area contributed by atoms with E-state index in [9.17, 15) is 14.4 Å². The Kier molecular flexibility index (Phi) is 60.8. The Morgan fingerprint density at radius 3 is 0.870 bits per heavy atom. The summed E-state index contributed by atoms with van der Waals surface area (Å²) in [6.07, 6.45) is 89.4. The molecular formula is C71H118O6. The van der Waals surface area contributed by atoms with Crippen molar-refractivity contribution in [2.24, 2.45) is 0 Å². The third-order valence-electron chi connectivity index (χ3n) is 13.4. The molecule has 0 rings (SSSR count). The second-order valence-corrected chi connectivity index (χ2v) is 20.9. The van der Waals surface area contributed by atoms with E-state index < -0.39 is 6.10 Å². The first-order valence-electron chi connectivity index (χ1n) is 32.0. The molecule has 1 unspecified atom stereocenters. The van der Waals surface area contributed by atoms with Gasteiger partial charge in [-0.2, -0.15) is 0 Å². The van der Waals surface area contributed by atoms with Crippen molar-refractivity contribution < 1.29 is 28.6 Å². The minimum atomic E-state index is -0.814. The number of hydrogen-bond acceptors (Lipinski definition) is 6. The lowest BCUT2D eigenvalue weighted by Crippen LogP contribution is -2.30. The second-order valence-electron chi connectivity index (χ2n) is 20.9. The number of rotatable bonds is 57. The van der Waals surface area contributed by atoms with E-state index in [0.717, 1.165) is 96.3 Å². The fourth-order valence-corrected chi connectivity index (χ4v) is 8.71. The third kappa shape index (κ3) is 62.5. The summed E-state index contributed by atoms with van der Waals surface area (Å²) in [5.41, 5.74) is 0. The molecule has 0 aromatic rings. The van der Waals surface area contributed by atoms with Gasteiger partial charge in [-0.1, -0.05) is 277 Å². The molecular weight excluding hydrogens is 949 g/mol. The fraction of sp³-hybridized carbons (Fsp3) is 0.676. The summed E-state index contributed by atoms with van der Waals surface area (Å²) in [5.74, 6) is -0.991. The van der Waals surface area contributed by atoms with E-state index in [1.165, 1.54) is 148 Å². The molecule has 0 bridgehead atoms. The van der Waals surface area contributed by atoms with E-state index in [1.807, 2.05) is 6.08 Å². The average molecular weight is 1070 g/mol. The van der Waals surface area contributed by atoms with Gasteiger partial charge in [-0.3, -0.25) is 14.4 Å². The van der Waals surface area contributed by atoms with Crippen LogP contribution in [0, 0.1) is 0 Å². The zero-order valence-corrected chi connectivity index (χ0v) is 50.2. The predicted octanol–water partition coefficient (Wildman–Crippen LogP) is 22.0. The van der Waals surface area contributed by atoms with Crippen LogP contribution in [0.15, 0.2) is 122 Å². The molecule has 0 aromatic heterocycles. The van der Waals surface area contributed by atoms with Crippen molar-refractivity contribution >= 4 is 17.9 Å². The van der Waals surface area contributed by atoms with Crippen molar-refractivity contribution in [3.63, 3.8) is 0 Å². The van der Waals surface area contributed by atoms with E-state index >= 15 is 0 Å². The molecule has 0 spiro atoms. The maximum Gasteiger partial charge on any atom is 0.306 e. The molecule has 0 aromatic carbocycles. The van der Waals surface area contributed by atoms with Crippen LogP contribution in [-0.2, 0) is 28.6 Å². The minimum Gasteiger partial charge on any atom is -0.462 e. The van der Waals surface area contributed by atoms with Crippen molar-refractivity contribution in [3.05, 3.63) is 122 Å². The van der Waals surface area contributed by atoms with E-state index in [2.05, 4.69) is 136 Å². The number of unbranched alkanes of at least 4 members (excludes halogenated alkanes) is 26. The van der Waals surface area contributed by atoms with Gasteiger partial charge in [-0.05, 0) is 116 Å². The van der Waals surface area contributed by atoms with Crippen LogP contribution in [0.1, 0.15) is 290 Å². The largest absolute Gasteiger partial charge is 0.462 e. The Morgan fingerprint density at radius 2 is 0.532 bits per heavy atom. The number of carbonyl (C=O) groups excluding carboxylic acids is 3. The van der Waals surface area contributed by atoms with E-state index in [-0.39, 0.29) is 37.5 Å². The van der Waals surface area contributed by atoms with Crippen LogP contribution >= 0.6 is 0 Å². The van der Waals surface area contributed by atoms with Gasteiger partial charge in [0.05, 0.1) is 0 Å². The number of hydrogen-bond donors (Lipinski definition) is 0. The highest BCUT2D eigenvalue weighted by Crippen LogP contribution is 2.16. The Morgan fingerprint density at radius 1 is 0.273 bits per heavy atom. The smallest absolute Gasteiger partial charge is 0.306 e. The summed E-state index contributed by atoms with van der Waals surface area (Å²) in [5, 5.41) is 0. The van der Waals surface area contributed by atoms with Crippen molar-refractivity contribution in [3.8, 4) is 0 Å². The molecule has 1 atom stereocenters. The van der Waals surface area contributed by atoms with Gasteiger partial charge in [0.25, 0.3) is 0 Å². The van der Waals surface area contributed by atoms with Crippen LogP contribution in [0.5, 0.6) is 0 Å². The highest BCUT2D eigenvalue weighted by Gasteiger charge is 2.19. The lowest BCUT2D eigenvalue weighted by molar-refractivity contribution is -0.166. The van der Waals surface area contributed by atoms with Gasteiger partial charge in [0.1, 0.15) is 13.2 Å². The monoisotopic (exact) mass is 1070 g/mol. The third-order valence-corrected chi connectivity index (χ3v) is 13.4. The summed E-state index contributed by atoms with van der Waals surface area (Å²) < 4.78 is 16.8. The number of allylic oxidation sites excluding steroid dienone is 20. The van der Waals surface area contributed by atoms with E-state index in [4.69, 9.17) is 14.2 Å². The van der Waals surface area contributed by atoms with Crippen LogP contribution in [0.2, 0.25) is 0 Å². The minimum absolute atomic E-state index is 0.105. The molecule has 0 heterocycles. The molecule has 438 valence electrons. The molecule has 0 saturated heterocycles. The van der Waals surface area contributed by atoms with E-state index in [0.29, 0.717) is 19.3 Å². The molecule has 0 saturated carbocycles. The van der Waals surface area contributed by atoms with Gasteiger partial charge < -0.3 is 14.2 Å². The first kappa shape index (κ1) is 72.8. The topological polar surface area (TPSA) is 78.9 Å². The zero-order chi connectivity index (χ0) is 55.7. The van der Waals surface area contributed by atoms with E-state index in [1.54, 1.807) is 0 Å². The highest BCUT2D eigenvalue weighted by molar-refractivity contribution is 5.71. The maximum atomic E-state index is 12.9. The summed E-state index contributed by atoms with van der Waals surface area (Å²) in [6.45, 7) is 6.35. The summed E-state index contributed by atoms with van der Waals surface area (Å²) >= 11 is 0. The van der Waals surface area contributed by atoms with Gasteiger partial charge in [0.2, 0.25) is 0 Å². The van der Waals surface area contributed by atoms with Crippen LogP contribution < -0.4 is 0 Å². The first-order chi connectivity index (χ1) is 38.0. The SMILES string of the molecule is CC/C=C\C/C=C\C/C=C\C/C=C\CCCCCCCCCCCCC(=O)OCC(COC(=O)CC/C=C\C/C=C\C/C=C\C/C=C\CC)OC(=O)CCCCCCCCCCCCC/C=C\C/C=C\CCCCCCC. The lowest BCUT2D eigenvalue weighted by Gasteiger charge is -2.18. The van der Waals surface area contributed by atoms with Gasteiger partial charge in [0.15, 0.2) is 6.10 Å². The molecule has 0 aliphatic carbocycles. The number of ether oxygens (including phenoxy) is 3. The predicted molar refractivity (Wildman–Crippen MR) is 334 cm³/mol. The Labute approximate surface area is 475 Å². The normalized spacial score (nSPS) is 12.9. The van der Waals surface area contributed by atoms with Gasteiger partial charge in [0, 0.05) is 19.3 Å². The number of carbonyl (C=O) groups is 3. The van der Waals surface area contributed by atoms with Crippen LogP contribution in [0.4, 0.5) is 0 Å². The molecule has 0 radical (unpaired) electrons. The van der Waals surface area contributed by atoms with Gasteiger partial charge in [-0.25, -0.2) is 0 Å². The summed E-state index contributed by atoms with van der Waals surface area (Å²) in [7, 11) is 0. The summed E-state index contributed by atoms with van der Waals surface area (Å²) in [4.78, 5) is 38.3. The Hall–Kier alpha value is -4.19. The Balaban J connectivity index is 4.38. The van der Waals surface area contributed by atoms with Crippen LogP contribution in [0.3, 0.4) is 0 Å². The molecule has 0 aliphatic rings. The average Bonchev–Trinajstić information content (AvgIpc) is 3.43. The number of esters is 3. The molecule has 77 heavy (non-hydrogen) atoms. The summed E-state index contributed by atoms with van der Waals surface area (Å²) in [6, 6.07) is 0. The Bertz CT molecular complexity index is 1600. The van der Waals surface area contributed by atoms with Gasteiger partial charge in [-0.15, -0.1) is 0 Å². The van der Waals surface area contributed by atoms with Crippen molar-refractivity contribution in [1.82, 2.24) is 0 Å². The standard InChI is InChI=1S/C71H118O6/c1-4-7-10-13-16-19-22-25-27-29-31-33-35-37-39-41-43-46-49-52-55-58-61-64-70(73)76-67-68(66-75-69(72)63-60-57-54-51-48-45-24-21-18-15-12-9-6-3)77-71(74)65-62-59-56-53-50-47-44-42-40-38-36-34-32-30-28-26-23-20-17-14-11-8-5-2/h7,9-10,12,16,18-19,21,23,25-27,30-33,45,48,54,57,68H,4-6,8,11,13-15,17,20,22,24,28-29,34-44,46-47,49-53,55-56,58-67H2,1-3H3/b10-7-,12-9-,19-16-,21-18-,26-23-,27-25-,32-30-,33-31-,48-45-,57-54-. The quantitative estimate of drug-likeness (QED) is 0.0261. The molecule has 6 nitrogen and oxygen atoms in total. The fourth-order valence-electron chi connectivity index (χ4n) is 8.71. The maximum absolute atomic E-state index is 12.9. The molecule has 0 fully saturated rings. The first-order valence-corrected chi connectivity index (χ1v) is 32.0. The van der Waals surface area contributed by atoms with Crippen molar-refractivity contribution in [2.45, 2.75) is 297 Å². The molecule has 0 amide bonds. The molecule has 0 N–H and O–H groups in total. The van der Waals surface area contributed by atoms with Gasteiger partial charge >= 0.3 is 17.9 Å². The van der Waals surface area contributed by atoms with Crippen molar-refractivity contribution in [2.75, 3.05) is 13.2 Å². The van der Waals surface area contributed by atoms with Crippen molar-refractivity contribution in [1.29, 1.82) is 0 Å². The van der Waals surface area contributed by atoms with Crippen LogP contribution in [0.25, 0.3) is 0 Å².